The van der Waals surface area contributed by atoms with Gasteiger partial charge < -0.3 is 25.2 Å². The Hall–Kier alpha value is -3.39. The number of rotatable bonds is 8. The number of ether oxygens (including phenoxy) is 2. The first kappa shape index (κ1) is 22.8. The minimum absolute atomic E-state index is 0.0231. The van der Waals surface area contributed by atoms with Crippen LogP contribution in [0.3, 0.4) is 0 Å². The summed E-state index contributed by atoms with van der Waals surface area (Å²) >= 11 is 0. The number of benzene rings is 2. The molecule has 2 unspecified atom stereocenters. The molecule has 0 spiro atoms. The predicted molar refractivity (Wildman–Crippen MR) is 121 cm³/mol. The van der Waals surface area contributed by atoms with Crippen LogP contribution in [0.15, 0.2) is 48.5 Å². The van der Waals surface area contributed by atoms with Gasteiger partial charge in [0.2, 0.25) is 5.91 Å². The monoisotopic (exact) mass is 452 g/mol. The van der Waals surface area contributed by atoms with Crippen molar-refractivity contribution in [3.05, 3.63) is 59.7 Å². The largest absolute Gasteiger partial charge is 0.479 e. The van der Waals surface area contributed by atoms with Crippen molar-refractivity contribution in [2.45, 2.75) is 43.7 Å². The van der Waals surface area contributed by atoms with Crippen LogP contribution in [0, 0.1) is 0 Å². The van der Waals surface area contributed by atoms with E-state index in [0.717, 1.165) is 22.3 Å². The van der Waals surface area contributed by atoms with Crippen molar-refractivity contribution in [2.24, 2.45) is 0 Å². The number of aliphatic carboxylic acids is 1. The molecule has 33 heavy (non-hydrogen) atoms. The van der Waals surface area contributed by atoms with E-state index in [4.69, 9.17) is 9.47 Å². The molecule has 2 aromatic carbocycles. The molecule has 2 atom stereocenters. The molecule has 1 fully saturated rings. The number of carbonyl (C=O) groups excluding carboxylic acids is 2. The number of carbonyl (C=O) groups is 3. The van der Waals surface area contributed by atoms with Gasteiger partial charge in [0.1, 0.15) is 6.61 Å². The zero-order valence-electron chi connectivity index (χ0n) is 18.5. The third-order valence-corrected chi connectivity index (χ3v) is 6.32. The van der Waals surface area contributed by atoms with Crippen molar-refractivity contribution < 1.29 is 29.0 Å². The highest BCUT2D eigenvalue weighted by molar-refractivity contribution is 5.87. The Morgan fingerprint density at radius 3 is 2.33 bits per heavy atom. The summed E-state index contributed by atoms with van der Waals surface area (Å²) in [5.41, 5.74) is 3.24. The van der Waals surface area contributed by atoms with Crippen molar-refractivity contribution in [3.8, 4) is 11.1 Å². The van der Waals surface area contributed by atoms with E-state index in [9.17, 15) is 19.5 Å². The standard InChI is InChI=1S/C25H28N2O6/c1-16(10-11-22(28)27-25(23(29)30)12-13-32-15-25)26-24(31)33-14-21-19-8-4-2-6-17(19)18-7-3-5-9-20(18)21/h2-9,16,21H,10-15H2,1H3,(H,26,31)(H,27,28)(H,29,30). The van der Waals surface area contributed by atoms with Gasteiger partial charge in [0.15, 0.2) is 5.54 Å². The Bertz CT molecular complexity index is 1000. The van der Waals surface area contributed by atoms with Crippen LogP contribution < -0.4 is 10.6 Å². The lowest BCUT2D eigenvalue weighted by molar-refractivity contribution is -0.147. The van der Waals surface area contributed by atoms with Crippen LogP contribution in [-0.4, -0.2) is 54.5 Å². The first-order valence-electron chi connectivity index (χ1n) is 11.1. The summed E-state index contributed by atoms with van der Waals surface area (Å²) in [7, 11) is 0. The molecule has 174 valence electrons. The fraction of sp³-hybridized carbons (Fsp3) is 0.400. The highest BCUT2D eigenvalue weighted by Crippen LogP contribution is 2.44. The zero-order valence-corrected chi connectivity index (χ0v) is 18.5. The summed E-state index contributed by atoms with van der Waals surface area (Å²) in [6, 6.07) is 15.9. The lowest BCUT2D eigenvalue weighted by Gasteiger charge is -2.24. The van der Waals surface area contributed by atoms with Crippen LogP contribution in [0.2, 0.25) is 0 Å². The highest BCUT2D eigenvalue weighted by atomic mass is 16.5. The number of amides is 2. The summed E-state index contributed by atoms with van der Waals surface area (Å²) in [4.78, 5) is 36.1. The molecule has 0 bridgehead atoms. The quantitative estimate of drug-likeness (QED) is 0.567. The van der Waals surface area contributed by atoms with E-state index in [1.807, 2.05) is 24.3 Å². The number of hydrogen-bond donors (Lipinski definition) is 3. The van der Waals surface area contributed by atoms with E-state index in [2.05, 4.69) is 34.9 Å². The van der Waals surface area contributed by atoms with Crippen LogP contribution in [0.1, 0.15) is 43.2 Å². The van der Waals surface area contributed by atoms with Gasteiger partial charge in [-0.1, -0.05) is 48.5 Å². The van der Waals surface area contributed by atoms with Gasteiger partial charge in [0.25, 0.3) is 0 Å². The van der Waals surface area contributed by atoms with E-state index in [0.29, 0.717) is 13.0 Å². The lowest BCUT2D eigenvalue weighted by atomic mass is 9.98. The van der Waals surface area contributed by atoms with E-state index in [1.54, 1.807) is 6.92 Å². The fourth-order valence-corrected chi connectivity index (χ4v) is 4.48. The fourth-order valence-electron chi connectivity index (χ4n) is 4.48. The molecule has 2 aliphatic rings. The third-order valence-electron chi connectivity index (χ3n) is 6.32. The van der Waals surface area contributed by atoms with Crippen molar-refractivity contribution >= 4 is 18.0 Å². The Balaban J connectivity index is 1.26. The lowest BCUT2D eigenvalue weighted by Crippen LogP contribution is -2.55. The maximum absolute atomic E-state index is 12.4. The Labute approximate surface area is 192 Å². The van der Waals surface area contributed by atoms with Gasteiger partial charge in [-0.3, -0.25) is 4.79 Å². The van der Waals surface area contributed by atoms with Gasteiger partial charge in [0, 0.05) is 31.4 Å². The Kier molecular flexibility index (Phi) is 6.65. The van der Waals surface area contributed by atoms with E-state index >= 15 is 0 Å². The molecule has 8 nitrogen and oxygen atoms in total. The molecule has 1 aliphatic carbocycles. The van der Waals surface area contributed by atoms with E-state index in [1.165, 1.54) is 0 Å². The Morgan fingerprint density at radius 1 is 1.12 bits per heavy atom. The van der Waals surface area contributed by atoms with Crippen LogP contribution in [0.4, 0.5) is 4.79 Å². The first-order valence-corrected chi connectivity index (χ1v) is 11.1. The number of alkyl carbamates (subject to hydrolysis) is 1. The van der Waals surface area contributed by atoms with Gasteiger partial charge in [-0.05, 0) is 35.6 Å². The summed E-state index contributed by atoms with van der Waals surface area (Å²) in [5, 5.41) is 14.7. The molecular formula is C25H28N2O6. The molecular weight excluding hydrogens is 424 g/mol. The van der Waals surface area contributed by atoms with Crippen LogP contribution >= 0.6 is 0 Å². The molecule has 8 heteroatoms. The number of carboxylic acids is 1. The van der Waals surface area contributed by atoms with Crippen LogP contribution in [0.25, 0.3) is 11.1 Å². The topological polar surface area (TPSA) is 114 Å². The van der Waals surface area contributed by atoms with Crippen molar-refractivity contribution in [2.75, 3.05) is 19.8 Å². The van der Waals surface area contributed by atoms with Crippen molar-refractivity contribution in [1.29, 1.82) is 0 Å². The molecule has 0 radical (unpaired) electrons. The number of fused-ring (bicyclic) bond motifs is 3. The molecule has 4 rings (SSSR count). The van der Waals surface area contributed by atoms with Crippen LogP contribution in [0.5, 0.6) is 0 Å². The van der Waals surface area contributed by atoms with Gasteiger partial charge >= 0.3 is 12.1 Å². The van der Waals surface area contributed by atoms with E-state index < -0.39 is 17.6 Å². The zero-order chi connectivity index (χ0) is 23.4. The smallest absolute Gasteiger partial charge is 0.407 e. The van der Waals surface area contributed by atoms with Crippen LogP contribution in [-0.2, 0) is 19.1 Å². The maximum Gasteiger partial charge on any atom is 0.407 e. The second-order valence-corrected chi connectivity index (χ2v) is 8.65. The average Bonchev–Trinajstić information content (AvgIpc) is 3.40. The number of hydrogen-bond acceptors (Lipinski definition) is 5. The molecule has 1 heterocycles. The van der Waals surface area contributed by atoms with Crippen molar-refractivity contribution in [1.82, 2.24) is 10.6 Å². The summed E-state index contributed by atoms with van der Waals surface area (Å²) < 4.78 is 10.7. The first-order chi connectivity index (χ1) is 15.9. The number of nitrogens with one attached hydrogen (secondary N) is 2. The average molecular weight is 453 g/mol. The van der Waals surface area contributed by atoms with Gasteiger partial charge in [-0.2, -0.15) is 0 Å². The molecule has 3 N–H and O–H groups in total. The van der Waals surface area contributed by atoms with Crippen molar-refractivity contribution in [3.63, 3.8) is 0 Å². The summed E-state index contributed by atoms with van der Waals surface area (Å²) in [6.07, 6.45) is 0.129. The molecule has 1 saturated heterocycles. The minimum atomic E-state index is -1.36. The third kappa shape index (κ3) is 4.85. The van der Waals surface area contributed by atoms with Gasteiger partial charge in [-0.15, -0.1) is 0 Å². The summed E-state index contributed by atoms with van der Waals surface area (Å²) in [6.45, 7) is 2.25. The minimum Gasteiger partial charge on any atom is -0.479 e. The van der Waals surface area contributed by atoms with Gasteiger partial charge in [-0.25, -0.2) is 9.59 Å². The van der Waals surface area contributed by atoms with Gasteiger partial charge in [0.05, 0.1) is 6.61 Å². The maximum atomic E-state index is 12.4. The molecule has 0 saturated carbocycles. The normalized spacial score (nSPS) is 19.9. The highest BCUT2D eigenvalue weighted by Gasteiger charge is 2.43. The molecule has 0 aromatic heterocycles. The second-order valence-electron chi connectivity index (χ2n) is 8.65. The number of carboxylic acid groups (broad SMARTS) is 1. The molecule has 1 aliphatic heterocycles. The molecule has 2 aromatic rings. The molecule has 2 amide bonds. The summed E-state index contributed by atoms with van der Waals surface area (Å²) in [5.74, 6) is -1.51. The Morgan fingerprint density at radius 2 is 1.76 bits per heavy atom. The predicted octanol–water partition coefficient (Wildman–Crippen LogP) is 3.05. The SMILES string of the molecule is CC(CCC(=O)NC1(C(=O)O)CCOC1)NC(=O)OCC1c2ccccc2-c2ccccc21. The second kappa shape index (κ2) is 9.62. The van der Waals surface area contributed by atoms with E-state index in [-0.39, 0.29) is 43.9 Å².